The summed E-state index contributed by atoms with van der Waals surface area (Å²) in [5, 5.41) is 9.07. The zero-order valence-corrected chi connectivity index (χ0v) is 14.1. The Morgan fingerprint density at radius 2 is 1.76 bits per heavy atom. The van der Waals surface area contributed by atoms with Gasteiger partial charge in [0.15, 0.2) is 0 Å². The van der Waals surface area contributed by atoms with Crippen LogP contribution >= 0.6 is 0 Å². The van der Waals surface area contributed by atoms with E-state index >= 15 is 0 Å². The van der Waals surface area contributed by atoms with Crippen LogP contribution in [0.5, 0.6) is 0 Å². The van der Waals surface area contributed by atoms with Crippen LogP contribution in [0.15, 0.2) is 54.6 Å². The van der Waals surface area contributed by atoms with Crippen LogP contribution < -0.4 is 16.0 Å². The third kappa shape index (κ3) is 5.16. The van der Waals surface area contributed by atoms with Gasteiger partial charge in [-0.3, -0.25) is 9.59 Å². The molecule has 5 heteroatoms. The van der Waals surface area contributed by atoms with Gasteiger partial charge in [-0.2, -0.15) is 0 Å². The number of amides is 2. The topological polar surface area (TPSA) is 70.2 Å². The van der Waals surface area contributed by atoms with Gasteiger partial charge in [0.1, 0.15) is 0 Å². The summed E-state index contributed by atoms with van der Waals surface area (Å²) >= 11 is 0. The molecule has 2 amide bonds. The molecule has 0 saturated carbocycles. The second-order valence-corrected chi connectivity index (χ2v) is 6.32. The highest BCUT2D eigenvalue weighted by atomic mass is 16.2. The van der Waals surface area contributed by atoms with Gasteiger partial charge in [-0.15, -0.1) is 0 Å². The summed E-state index contributed by atoms with van der Waals surface area (Å²) in [5.74, 6) is -0.0452. The largest absolute Gasteiger partial charge is 0.326 e. The number of hydrogen-bond donors (Lipinski definition) is 3. The van der Waals surface area contributed by atoms with E-state index in [9.17, 15) is 9.59 Å². The number of benzene rings is 2. The first-order valence-electron chi connectivity index (χ1n) is 8.66. The molecule has 0 spiro atoms. The maximum Gasteiger partial charge on any atom is 0.228 e. The Kier molecular flexibility index (Phi) is 5.80. The van der Waals surface area contributed by atoms with Crippen molar-refractivity contribution in [3.8, 4) is 0 Å². The number of nitrogens with one attached hydrogen (secondary N) is 3. The Morgan fingerprint density at radius 3 is 2.48 bits per heavy atom. The van der Waals surface area contributed by atoms with Gasteiger partial charge in [0.25, 0.3) is 0 Å². The Labute approximate surface area is 147 Å². The Bertz CT molecular complexity index is 725. The molecule has 1 atom stereocenters. The number of carbonyl (C=O) groups excluding carboxylic acids is 2. The molecule has 0 radical (unpaired) electrons. The molecule has 5 nitrogen and oxygen atoms in total. The smallest absolute Gasteiger partial charge is 0.228 e. The third-order valence-electron chi connectivity index (χ3n) is 4.29. The van der Waals surface area contributed by atoms with Gasteiger partial charge in [-0.1, -0.05) is 36.4 Å². The minimum absolute atomic E-state index is 0.00470. The molecule has 1 aliphatic rings. The standard InChI is InChI=1S/C20H23N3O2/c24-19(12-15-6-2-1-3-7-15)22-17-9-4-10-18(13-17)23-20(25)16-8-5-11-21-14-16/h1-4,6-7,9-10,13,16,21H,5,8,11-12,14H2,(H,22,24)(H,23,25). The molecule has 25 heavy (non-hydrogen) atoms. The van der Waals surface area contributed by atoms with E-state index < -0.39 is 0 Å². The van der Waals surface area contributed by atoms with Crippen molar-refractivity contribution >= 4 is 23.2 Å². The van der Waals surface area contributed by atoms with Crippen molar-refractivity contribution in [3.63, 3.8) is 0 Å². The number of rotatable bonds is 5. The summed E-state index contributed by atoms with van der Waals surface area (Å²) in [6.45, 7) is 1.70. The number of carbonyl (C=O) groups is 2. The molecule has 3 N–H and O–H groups in total. The highest BCUT2D eigenvalue weighted by Gasteiger charge is 2.20. The lowest BCUT2D eigenvalue weighted by molar-refractivity contribution is -0.120. The van der Waals surface area contributed by atoms with Gasteiger partial charge in [-0.05, 0) is 43.1 Å². The molecule has 1 aliphatic heterocycles. The summed E-state index contributed by atoms with van der Waals surface area (Å²) < 4.78 is 0. The fourth-order valence-electron chi connectivity index (χ4n) is 2.98. The van der Waals surface area contributed by atoms with Crippen molar-refractivity contribution in [1.82, 2.24) is 5.32 Å². The summed E-state index contributed by atoms with van der Waals surface area (Å²) in [4.78, 5) is 24.5. The highest BCUT2D eigenvalue weighted by Crippen LogP contribution is 2.18. The maximum absolute atomic E-state index is 12.3. The van der Waals surface area contributed by atoms with Crippen LogP contribution in [-0.4, -0.2) is 24.9 Å². The quantitative estimate of drug-likeness (QED) is 0.786. The normalized spacial score (nSPS) is 16.9. The molecule has 1 saturated heterocycles. The summed E-state index contributed by atoms with van der Waals surface area (Å²) in [6, 6.07) is 16.9. The maximum atomic E-state index is 12.3. The fourth-order valence-corrected chi connectivity index (χ4v) is 2.98. The van der Waals surface area contributed by atoms with E-state index in [0.29, 0.717) is 17.8 Å². The molecule has 0 aliphatic carbocycles. The number of anilines is 2. The van der Waals surface area contributed by atoms with Crippen LogP contribution in [-0.2, 0) is 16.0 Å². The average Bonchev–Trinajstić information content (AvgIpc) is 2.63. The van der Waals surface area contributed by atoms with Crippen LogP contribution in [0.2, 0.25) is 0 Å². The lowest BCUT2D eigenvalue weighted by atomic mass is 9.99. The van der Waals surface area contributed by atoms with Crippen molar-refractivity contribution in [1.29, 1.82) is 0 Å². The van der Waals surface area contributed by atoms with E-state index in [2.05, 4.69) is 16.0 Å². The second kappa shape index (κ2) is 8.44. The molecule has 2 aromatic rings. The summed E-state index contributed by atoms with van der Waals surface area (Å²) in [5.41, 5.74) is 2.35. The van der Waals surface area contributed by atoms with E-state index in [-0.39, 0.29) is 17.7 Å². The monoisotopic (exact) mass is 337 g/mol. The van der Waals surface area contributed by atoms with Crippen LogP contribution in [0.3, 0.4) is 0 Å². The Morgan fingerprint density at radius 1 is 1.00 bits per heavy atom. The van der Waals surface area contributed by atoms with E-state index in [0.717, 1.165) is 31.5 Å². The molecule has 1 heterocycles. The molecule has 0 bridgehead atoms. The fraction of sp³-hybridized carbons (Fsp3) is 0.300. The zero-order valence-electron chi connectivity index (χ0n) is 14.1. The number of piperidine rings is 1. The van der Waals surface area contributed by atoms with Gasteiger partial charge < -0.3 is 16.0 Å². The van der Waals surface area contributed by atoms with Gasteiger partial charge in [-0.25, -0.2) is 0 Å². The molecule has 3 rings (SSSR count). The predicted molar refractivity (Wildman–Crippen MR) is 99.4 cm³/mol. The SMILES string of the molecule is O=C(Cc1ccccc1)Nc1cccc(NC(=O)C2CCCNC2)c1. The zero-order chi connectivity index (χ0) is 17.5. The summed E-state index contributed by atoms with van der Waals surface area (Å²) in [6.07, 6.45) is 2.26. The van der Waals surface area contributed by atoms with Crippen LogP contribution in [0.25, 0.3) is 0 Å². The minimum atomic E-state index is -0.0776. The van der Waals surface area contributed by atoms with Crippen molar-refractivity contribution in [2.45, 2.75) is 19.3 Å². The molecule has 1 fully saturated rings. The lowest BCUT2D eigenvalue weighted by Gasteiger charge is -2.22. The molecule has 130 valence electrons. The Hall–Kier alpha value is -2.66. The molecule has 2 aromatic carbocycles. The average molecular weight is 337 g/mol. The van der Waals surface area contributed by atoms with E-state index in [4.69, 9.17) is 0 Å². The van der Waals surface area contributed by atoms with Crippen molar-refractivity contribution in [3.05, 3.63) is 60.2 Å². The van der Waals surface area contributed by atoms with Crippen molar-refractivity contribution in [2.24, 2.45) is 5.92 Å². The lowest BCUT2D eigenvalue weighted by Crippen LogP contribution is -2.37. The van der Waals surface area contributed by atoms with Gasteiger partial charge in [0.2, 0.25) is 11.8 Å². The molecular weight excluding hydrogens is 314 g/mol. The van der Waals surface area contributed by atoms with E-state index in [1.54, 1.807) is 6.07 Å². The predicted octanol–water partition coefficient (Wildman–Crippen LogP) is 2.81. The van der Waals surface area contributed by atoms with Gasteiger partial charge in [0.05, 0.1) is 12.3 Å². The first kappa shape index (κ1) is 17.2. The van der Waals surface area contributed by atoms with E-state index in [1.165, 1.54) is 0 Å². The molecular formula is C20H23N3O2. The van der Waals surface area contributed by atoms with Crippen LogP contribution in [0.1, 0.15) is 18.4 Å². The highest BCUT2D eigenvalue weighted by molar-refractivity contribution is 5.95. The number of hydrogen-bond acceptors (Lipinski definition) is 3. The van der Waals surface area contributed by atoms with Crippen molar-refractivity contribution < 1.29 is 9.59 Å². The van der Waals surface area contributed by atoms with E-state index in [1.807, 2.05) is 48.5 Å². The van der Waals surface area contributed by atoms with Crippen LogP contribution in [0.4, 0.5) is 11.4 Å². The van der Waals surface area contributed by atoms with Crippen molar-refractivity contribution in [2.75, 3.05) is 23.7 Å². The minimum Gasteiger partial charge on any atom is -0.326 e. The molecule has 0 aromatic heterocycles. The van der Waals surface area contributed by atoms with Crippen LogP contribution in [0, 0.1) is 5.92 Å². The Balaban J connectivity index is 1.57. The summed E-state index contributed by atoms with van der Waals surface area (Å²) in [7, 11) is 0. The second-order valence-electron chi connectivity index (χ2n) is 6.32. The first-order valence-corrected chi connectivity index (χ1v) is 8.66. The molecule has 1 unspecified atom stereocenters. The first-order chi connectivity index (χ1) is 12.2. The van der Waals surface area contributed by atoms with Gasteiger partial charge in [0, 0.05) is 17.9 Å². The van der Waals surface area contributed by atoms with Gasteiger partial charge >= 0.3 is 0 Å². The third-order valence-corrected chi connectivity index (χ3v) is 4.29.